The summed E-state index contributed by atoms with van der Waals surface area (Å²) >= 11 is 0. The zero-order chi connectivity index (χ0) is 17.7. The van der Waals surface area contributed by atoms with Crippen molar-refractivity contribution in [1.82, 2.24) is 5.32 Å². The summed E-state index contributed by atoms with van der Waals surface area (Å²) in [5.41, 5.74) is -0.201. The Balaban J connectivity index is 2.01. The summed E-state index contributed by atoms with van der Waals surface area (Å²) in [7, 11) is 0. The van der Waals surface area contributed by atoms with E-state index in [0.29, 0.717) is 0 Å². The van der Waals surface area contributed by atoms with Crippen molar-refractivity contribution >= 4 is 17.5 Å². The molecule has 24 heavy (non-hydrogen) atoms. The first-order valence-corrected chi connectivity index (χ1v) is 7.11. The topological polar surface area (TPSA) is 58.2 Å². The first-order valence-electron chi connectivity index (χ1n) is 7.11. The molecule has 0 fully saturated rings. The quantitative estimate of drug-likeness (QED) is 0.843. The van der Waals surface area contributed by atoms with Crippen molar-refractivity contribution in [3.63, 3.8) is 0 Å². The van der Waals surface area contributed by atoms with Gasteiger partial charge in [0.1, 0.15) is 0 Å². The molecule has 0 heterocycles. The molecule has 0 bridgehead atoms. The molecular weight excluding hydrogens is 321 g/mol. The molecule has 0 aliphatic rings. The van der Waals surface area contributed by atoms with Gasteiger partial charge in [0.25, 0.3) is 0 Å². The second kappa shape index (κ2) is 7.16. The summed E-state index contributed by atoms with van der Waals surface area (Å²) < 4.78 is 37.9. The molecule has 4 nitrogen and oxygen atoms in total. The highest BCUT2D eigenvalue weighted by molar-refractivity contribution is 6.39. The van der Waals surface area contributed by atoms with E-state index in [9.17, 15) is 22.8 Å². The minimum atomic E-state index is -4.52. The summed E-state index contributed by atoms with van der Waals surface area (Å²) in [5, 5.41) is 4.65. The van der Waals surface area contributed by atoms with Crippen molar-refractivity contribution in [2.24, 2.45) is 0 Å². The number of nitrogens with one attached hydrogen (secondary N) is 2. The van der Waals surface area contributed by atoms with Crippen LogP contribution in [0.1, 0.15) is 24.1 Å². The second-order valence-electron chi connectivity index (χ2n) is 5.14. The molecule has 0 aliphatic carbocycles. The largest absolute Gasteiger partial charge is 0.416 e. The van der Waals surface area contributed by atoms with Crippen LogP contribution >= 0.6 is 0 Å². The number of alkyl halides is 3. The normalized spacial score (nSPS) is 12.3. The molecule has 126 valence electrons. The molecule has 0 saturated carbocycles. The van der Waals surface area contributed by atoms with Crippen LogP contribution in [-0.2, 0) is 15.8 Å². The lowest BCUT2D eigenvalue weighted by Crippen LogP contribution is -2.36. The van der Waals surface area contributed by atoms with Crippen molar-refractivity contribution in [2.45, 2.75) is 19.1 Å². The number of amides is 2. The zero-order valence-corrected chi connectivity index (χ0v) is 12.7. The molecule has 1 atom stereocenters. The third-order valence-corrected chi connectivity index (χ3v) is 3.30. The molecule has 0 unspecified atom stereocenters. The number of hydrogen-bond acceptors (Lipinski definition) is 2. The van der Waals surface area contributed by atoms with E-state index in [4.69, 9.17) is 0 Å². The minimum Gasteiger partial charge on any atom is -0.341 e. The van der Waals surface area contributed by atoms with Gasteiger partial charge in [-0.15, -0.1) is 0 Å². The summed E-state index contributed by atoms with van der Waals surface area (Å²) in [4.78, 5) is 23.7. The average Bonchev–Trinajstić information content (AvgIpc) is 2.55. The molecule has 0 radical (unpaired) electrons. The van der Waals surface area contributed by atoms with Gasteiger partial charge in [0, 0.05) is 5.69 Å². The Morgan fingerprint density at radius 3 is 2.25 bits per heavy atom. The smallest absolute Gasteiger partial charge is 0.341 e. The lowest BCUT2D eigenvalue weighted by atomic mass is 10.1. The van der Waals surface area contributed by atoms with Gasteiger partial charge in [-0.2, -0.15) is 13.2 Å². The summed E-state index contributed by atoms with van der Waals surface area (Å²) in [5.74, 6) is -1.96. The Kier molecular flexibility index (Phi) is 5.23. The molecule has 2 aromatic carbocycles. The van der Waals surface area contributed by atoms with Crippen LogP contribution in [0.25, 0.3) is 0 Å². The van der Waals surface area contributed by atoms with Crippen LogP contribution in [0.4, 0.5) is 18.9 Å². The fourth-order valence-corrected chi connectivity index (χ4v) is 2.05. The SMILES string of the molecule is C[C@H](NC(=O)C(=O)Nc1cccc(C(F)(F)F)c1)c1ccccc1. The lowest BCUT2D eigenvalue weighted by molar-refractivity contribution is -0.137. The Morgan fingerprint density at radius 1 is 0.958 bits per heavy atom. The van der Waals surface area contributed by atoms with Gasteiger partial charge in [-0.1, -0.05) is 36.4 Å². The van der Waals surface area contributed by atoms with E-state index in [0.717, 1.165) is 23.8 Å². The van der Waals surface area contributed by atoms with Crippen LogP contribution in [0.3, 0.4) is 0 Å². The molecule has 2 rings (SSSR count). The van der Waals surface area contributed by atoms with Crippen LogP contribution in [0.15, 0.2) is 54.6 Å². The standard InChI is InChI=1S/C17H15F3N2O2/c1-11(12-6-3-2-4-7-12)21-15(23)16(24)22-14-9-5-8-13(10-14)17(18,19)20/h2-11H,1H3,(H,21,23)(H,22,24)/t11-/m0/s1. The summed E-state index contributed by atoms with van der Waals surface area (Å²) in [6, 6.07) is 12.7. The number of benzene rings is 2. The predicted molar refractivity (Wildman–Crippen MR) is 83.1 cm³/mol. The van der Waals surface area contributed by atoms with Crippen molar-refractivity contribution in [1.29, 1.82) is 0 Å². The van der Waals surface area contributed by atoms with Gasteiger partial charge in [0.05, 0.1) is 11.6 Å². The third-order valence-electron chi connectivity index (χ3n) is 3.30. The number of rotatable bonds is 3. The maximum Gasteiger partial charge on any atom is 0.416 e. The highest BCUT2D eigenvalue weighted by Gasteiger charge is 2.30. The van der Waals surface area contributed by atoms with Crippen molar-refractivity contribution < 1.29 is 22.8 Å². The Morgan fingerprint density at radius 2 is 1.62 bits per heavy atom. The van der Waals surface area contributed by atoms with E-state index >= 15 is 0 Å². The van der Waals surface area contributed by atoms with Gasteiger partial charge in [-0.25, -0.2) is 0 Å². The number of carbonyl (C=O) groups is 2. The minimum absolute atomic E-state index is 0.0997. The molecule has 2 amide bonds. The lowest BCUT2D eigenvalue weighted by Gasteiger charge is -2.14. The summed E-state index contributed by atoms with van der Waals surface area (Å²) in [6.07, 6.45) is -4.52. The van der Waals surface area contributed by atoms with Gasteiger partial charge in [0.15, 0.2) is 0 Å². The maximum atomic E-state index is 12.6. The third kappa shape index (κ3) is 4.58. The fraction of sp³-hybridized carbons (Fsp3) is 0.176. The monoisotopic (exact) mass is 336 g/mol. The number of carbonyl (C=O) groups excluding carboxylic acids is 2. The molecule has 0 aliphatic heterocycles. The van der Waals surface area contributed by atoms with Crippen molar-refractivity contribution in [2.75, 3.05) is 5.32 Å². The van der Waals surface area contributed by atoms with E-state index in [2.05, 4.69) is 10.6 Å². The van der Waals surface area contributed by atoms with Crippen LogP contribution in [0.2, 0.25) is 0 Å². The van der Waals surface area contributed by atoms with Gasteiger partial charge in [-0.3, -0.25) is 9.59 Å². The highest BCUT2D eigenvalue weighted by Crippen LogP contribution is 2.30. The van der Waals surface area contributed by atoms with E-state index in [1.54, 1.807) is 31.2 Å². The fourth-order valence-electron chi connectivity index (χ4n) is 2.05. The summed E-state index contributed by atoms with van der Waals surface area (Å²) in [6.45, 7) is 1.70. The first kappa shape index (κ1) is 17.5. The van der Waals surface area contributed by atoms with Gasteiger partial charge in [0.2, 0.25) is 0 Å². The molecule has 2 N–H and O–H groups in total. The molecule has 0 spiro atoms. The highest BCUT2D eigenvalue weighted by atomic mass is 19.4. The Bertz CT molecular complexity index is 730. The number of anilines is 1. The zero-order valence-electron chi connectivity index (χ0n) is 12.7. The van der Waals surface area contributed by atoms with Gasteiger partial charge < -0.3 is 10.6 Å². The molecular formula is C17H15F3N2O2. The molecule has 0 aromatic heterocycles. The van der Waals surface area contributed by atoms with Gasteiger partial charge in [-0.05, 0) is 30.7 Å². The van der Waals surface area contributed by atoms with Crippen LogP contribution < -0.4 is 10.6 Å². The van der Waals surface area contributed by atoms with Crippen LogP contribution in [-0.4, -0.2) is 11.8 Å². The van der Waals surface area contributed by atoms with E-state index in [1.165, 1.54) is 6.07 Å². The van der Waals surface area contributed by atoms with E-state index in [1.807, 2.05) is 6.07 Å². The number of halogens is 3. The van der Waals surface area contributed by atoms with Crippen LogP contribution in [0, 0.1) is 0 Å². The van der Waals surface area contributed by atoms with E-state index < -0.39 is 29.6 Å². The van der Waals surface area contributed by atoms with Crippen LogP contribution in [0.5, 0.6) is 0 Å². The average molecular weight is 336 g/mol. The van der Waals surface area contributed by atoms with Crippen molar-refractivity contribution in [3.8, 4) is 0 Å². The first-order chi connectivity index (χ1) is 11.3. The Labute approximate surface area is 136 Å². The molecule has 0 saturated heterocycles. The van der Waals surface area contributed by atoms with Gasteiger partial charge >= 0.3 is 18.0 Å². The van der Waals surface area contributed by atoms with E-state index in [-0.39, 0.29) is 5.69 Å². The van der Waals surface area contributed by atoms with Crippen molar-refractivity contribution in [3.05, 3.63) is 65.7 Å². The Hall–Kier alpha value is -2.83. The molecule has 7 heteroatoms. The maximum absolute atomic E-state index is 12.6. The predicted octanol–water partition coefficient (Wildman–Crippen LogP) is 3.52. The molecule has 2 aromatic rings. The number of hydrogen-bond donors (Lipinski definition) is 2. The second-order valence-corrected chi connectivity index (χ2v) is 5.14.